The lowest BCUT2D eigenvalue weighted by atomic mass is 9.70. The molecule has 0 bridgehead atoms. The fraction of sp³-hybridized carbons (Fsp3) is 0.600. The lowest BCUT2D eigenvalue weighted by Gasteiger charge is -2.39. The van der Waals surface area contributed by atoms with Crippen molar-refractivity contribution in [3.63, 3.8) is 0 Å². The molecule has 1 aliphatic heterocycles. The molecule has 2 N–H and O–H groups in total. The van der Waals surface area contributed by atoms with Gasteiger partial charge in [0.15, 0.2) is 0 Å². The van der Waals surface area contributed by atoms with Crippen molar-refractivity contribution in [3.05, 3.63) is 24.3 Å². The summed E-state index contributed by atoms with van der Waals surface area (Å²) < 4.78 is 5.97. The van der Waals surface area contributed by atoms with Gasteiger partial charge in [-0.2, -0.15) is 0 Å². The first kappa shape index (κ1) is 11.8. The minimum absolute atomic E-state index is 0.239. The summed E-state index contributed by atoms with van der Waals surface area (Å²) >= 11 is 0. The van der Waals surface area contributed by atoms with E-state index in [2.05, 4.69) is 23.6 Å². The molecule has 2 aliphatic rings. The van der Waals surface area contributed by atoms with Gasteiger partial charge in [-0.05, 0) is 30.4 Å². The molecule has 1 aromatic rings. The van der Waals surface area contributed by atoms with E-state index < -0.39 is 0 Å². The summed E-state index contributed by atoms with van der Waals surface area (Å²) in [5.74, 6) is 0.977. The zero-order valence-electron chi connectivity index (χ0n) is 11.0. The number of hydrogen-bond acceptors (Lipinski definition) is 3. The summed E-state index contributed by atoms with van der Waals surface area (Å²) in [6.07, 6.45) is 4.37. The Hall–Kier alpha value is -1.22. The molecule has 1 fully saturated rings. The van der Waals surface area contributed by atoms with E-state index >= 15 is 0 Å². The topological polar surface area (TPSA) is 33.3 Å². The third-order valence-corrected chi connectivity index (χ3v) is 4.19. The molecule has 3 nitrogen and oxygen atoms in total. The molecule has 0 spiro atoms. The number of para-hydroxylation sites is 2. The SMILES string of the molecule is CC1(CNCC2CNc3ccccc3O2)CCC1. The van der Waals surface area contributed by atoms with Crippen LogP contribution in [0.2, 0.25) is 0 Å². The van der Waals surface area contributed by atoms with Crippen LogP contribution in [0.5, 0.6) is 5.75 Å². The molecule has 1 atom stereocenters. The van der Waals surface area contributed by atoms with E-state index in [1.165, 1.54) is 19.3 Å². The van der Waals surface area contributed by atoms with Crippen molar-refractivity contribution in [1.29, 1.82) is 0 Å². The van der Waals surface area contributed by atoms with Crippen molar-refractivity contribution < 1.29 is 4.74 Å². The monoisotopic (exact) mass is 246 g/mol. The van der Waals surface area contributed by atoms with Crippen LogP contribution >= 0.6 is 0 Å². The smallest absolute Gasteiger partial charge is 0.142 e. The highest BCUT2D eigenvalue weighted by Gasteiger charge is 2.31. The molecular formula is C15H22N2O. The predicted octanol–water partition coefficient (Wildman–Crippen LogP) is 2.64. The zero-order chi connectivity index (χ0) is 12.4. The molecule has 1 aliphatic carbocycles. The second-order valence-corrected chi connectivity index (χ2v) is 5.91. The maximum Gasteiger partial charge on any atom is 0.142 e. The first-order chi connectivity index (χ1) is 8.75. The lowest BCUT2D eigenvalue weighted by Crippen LogP contribution is -2.44. The average molecular weight is 246 g/mol. The van der Waals surface area contributed by atoms with Gasteiger partial charge in [-0.25, -0.2) is 0 Å². The van der Waals surface area contributed by atoms with Crippen LogP contribution in [-0.4, -0.2) is 25.7 Å². The number of fused-ring (bicyclic) bond motifs is 1. The second kappa shape index (κ2) is 4.81. The molecule has 0 radical (unpaired) electrons. The summed E-state index contributed by atoms with van der Waals surface area (Å²) in [4.78, 5) is 0. The van der Waals surface area contributed by atoms with Crippen LogP contribution in [0, 0.1) is 5.41 Å². The summed E-state index contributed by atoms with van der Waals surface area (Å²) in [6.45, 7) is 5.31. The number of nitrogens with one attached hydrogen (secondary N) is 2. The minimum Gasteiger partial charge on any atom is -0.485 e. The Morgan fingerprint density at radius 2 is 2.22 bits per heavy atom. The fourth-order valence-corrected chi connectivity index (χ4v) is 2.77. The normalized spacial score (nSPS) is 24.4. The Bertz CT molecular complexity index is 415. The van der Waals surface area contributed by atoms with E-state index in [0.29, 0.717) is 5.41 Å². The molecule has 98 valence electrons. The van der Waals surface area contributed by atoms with Gasteiger partial charge in [-0.15, -0.1) is 0 Å². The molecule has 0 amide bonds. The molecule has 1 unspecified atom stereocenters. The van der Waals surface area contributed by atoms with Crippen LogP contribution in [-0.2, 0) is 0 Å². The van der Waals surface area contributed by atoms with Gasteiger partial charge in [0.25, 0.3) is 0 Å². The van der Waals surface area contributed by atoms with Gasteiger partial charge in [0.05, 0.1) is 12.2 Å². The van der Waals surface area contributed by atoms with Crippen LogP contribution in [0.25, 0.3) is 0 Å². The average Bonchev–Trinajstić information content (AvgIpc) is 2.37. The second-order valence-electron chi connectivity index (χ2n) is 5.91. The van der Waals surface area contributed by atoms with Crippen LogP contribution < -0.4 is 15.4 Å². The summed E-state index contributed by atoms with van der Waals surface area (Å²) in [5, 5.41) is 6.99. The van der Waals surface area contributed by atoms with E-state index in [9.17, 15) is 0 Å². The van der Waals surface area contributed by atoms with Gasteiger partial charge in [-0.3, -0.25) is 0 Å². The van der Waals surface area contributed by atoms with Crippen molar-refractivity contribution in [1.82, 2.24) is 5.32 Å². The van der Waals surface area contributed by atoms with Gasteiger partial charge < -0.3 is 15.4 Å². The maximum atomic E-state index is 5.97. The molecule has 18 heavy (non-hydrogen) atoms. The van der Waals surface area contributed by atoms with Crippen molar-refractivity contribution in [2.75, 3.05) is 25.0 Å². The standard InChI is InChI=1S/C15H22N2O/c1-15(7-4-8-15)11-16-9-12-10-17-13-5-2-3-6-14(13)18-12/h2-3,5-6,12,16-17H,4,7-11H2,1H3. The summed E-state index contributed by atoms with van der Waals surface area (Å²) in [6, 6.07) is 8.15. The van der Waals surface area contributed by atoms with Crippen LogP contribution in [0.1, 0.15) is 26.2 Å². The first-order valence-corrected chi connectivity index (χ1v) is 6.95. The van der Waals surface area contributed by atoms with Crippen LogP contribution in [0.3, 0.4) is 0 Å². The largest absolute Gasteiger partial charge is 0.485 e. The lowest BCUT2D eigenvalue weighted by molar-refractivity contribution is 0.142. The molecule has 3 rings (SSSR count). The molecule has 0 saturated heterocycles. The number of benzene rings is 1. The van der Waals surface area contributed by atoms with Crippen molar-refractivity contribution in [3.8, 4) is 5.75 Å². The van der Waals surface area contributed by atoms with Crippen molar-refractivity contribution in [2.45, 2.75) is 32.3 Å². The Morgan fingerprint density at radius 3 is 3.00 bits per heavy atom. The Balaban J connectivity index is 1.48. The number of hydrogen-bond donors (Lipinski definition) is 2. The van der Waals surface area contributed by atoms with E-state index in [0.717, 1.165) is 31.1 Å². The summed E-state index contributed by atoms with van der Waals surface area (Å²) in [7, 11) is 0. The Morgan fingerprint density at radius 1 is 1.39 bits per heavy atom. The van der Waals surface area contributed by atoms with Gasteiger partial charge in [0.2, 0.25) is 0 Å². The quantitative estimate of drug-likeness (QED) is 0.857. The maximum absolute atomic E-state index is 5.97. The van der Waals surface area contributed by atoms with Crippen LogP contribution in [0.4, 0.5) is 5.69 Å². The Kier molecular flexibility index (Phi) is 3.16. The van der Waals surface area contributed by atoms with Gasteiger partial charge in [0, 0.05) is 13.1 Å². The molecule has 0 aromatic heterocycles. The van der Waals surface area contributed by atoms with E-state index in [1.54, 1.807) is 0 Å². The van der Waals surface area contributed by atoms with E-state index in [1.807, 2.05) is 18.2 Å². The number of anilines is 1. The third kappa shape index (κ3) is 2.46. The number of rotatable bonds is 4. The number of ether oxygens (including phenoxy) is 1. The van der Waals surface area contributed by atoms with Crippen LogP contribution in [0.15, 0.2) is 24.3 Å². The van der Waals surface area contributed by atoms with Gasteiger partial charge >= 0.3 is 0 Å². The van der Waals surface area contributed by atoms with Crippen molar-refractivity contribution in [2.24, 2.45) is 5.41 Å². The molecule has 1 heterocycles. The highest BCUT2D eigenvalue weighted by molar-refractivity contribution is 5.57. The first-order valence-electron chi connectivity index (χ1n) is 6.95. The van der Waals surface area contributed by atoms with E-state index in [4.69, 9.17) is 4.74 Å². The molecule has 1 saturated carbocycles. The molecule has 3 heteroatoms. The van der Waals surface area contributed by atoms with E-state index in [-0.39, 0.29) is 6.10 Å². The fourth-order valence-electron chi connectivity index (χ4n) is 2.77. The summed E-state index contributed by atoms with van der Waals surface area (Å²) in [5.41, 5.74) is 1.65. The minimum atomic E-state index is 0.239. The third-order valence-electron chi connectivity index (χ3n) is 4.19. The van der Waals surface area contributed by atoms with Gasteiger partial charge in [-0.1, -0.05) is 25.5 Å². The van der Waals surface area contributed by atoms with Crippen molar-refractivity contribution >= 4 is 5.69 Å². The Labute approximate surface area is 109 Å². The highest BCUT2D eigenvalue weighted by Crippen LogP contribution is 2.39. The van der Waals surface area contributed by atoms with Gasteiger partial charge in [0.1, 0.15) is 11.9 Å². The molecular weight excluding hydrogens is 224 g/mol. The molecule has 1 aromatic carbocycles. The highest BCUT2D eigenvalue weighted by atomic mass is 16.5. The zero-order valence-corrected chi connectivity index (χ0v) is 11.0. The predicted molar refractivity (Wildman–Crippen MR) is 74.2 cm³/mol.